The highest BCUT2D eigenvalue weighted by atomic mass is 16.5. The lowest BCUT2D eigenvalue weighted by atomic mass is 9.48. The van der Waals surface area contributed by atoms with E-state index in [1.54, 1.807) is 49.8 Å². The highest BCUT2D eigenvalue weighted by Gasteiger charge is 2.55. The average Bonchev–Trinajstić information content (AvgIpc) is 2.73. The molecule has 0 N–H and O–H groups in total. The van der Waals surface area contributed by atoms with E-state index in [0.29, 0.717) is 23.5 Å². The van der Waals surface area contributed by atoms with Gasteiger partial charge in [-0.2, -0.15) is 0 Å². The van der Waals surface area contributed by atoms with Crippen LogP contribution in [0.5, 0.6) is 11.6 Å². The number of pyridine rings is 2. The quantitative estimate of drug-likeness (QED) is 0.653. The highest BCUT2D eigenvalue weighted by molar-refractivity contribution is 5.96. The van der Waals surface area contributed by atoms with Crippen molar-refractivity contribution in [2.24, 2.45) is 23.2 Å². The van der Waals surface area contributed by atoms with Crippen LogP contribution in [0.3, 0.4) is 0 Å². The molecule has 156 valence electrons. The van der Waals surface area contributed by atoms with Crippen molar-refractivity contribution in [1.29, 1.82) is 0 Å². The van der Waals surface area contributed by atoms with Crippen molar-refractivity contribution in [2.45, 2.75) is 51.6 Å². The van der Waals surface area contributed by atoms with Crippen molar-refractivity contribution in [2.75, 3.05) is 0 Å². The van der Waals surface area contributed by atoms with Crippen LogP contribution in [0.1, 0.15) is 55.8 Å². The zero-order chi connectivity index (χ0) is 20.7. The van der Waals surface area contributed by atoms with Gasteiger partial charge in [-0.1, -0.05) is 0 Å². The first-order chi connectivity index (χ1) is 14.5. The molecule has 1 unspecified atom stereocenters. The van der Waals surface area contributed by atoms with E-state index in [1.807, 2.05) is 0 Å². The van der Waals surface area contributed by atoms with E-state index in [9.17, 15) is 9.59 Å². The third-order valence-corrected chi connectivity index (χ3v) is 7.05. The van der Waals surface area contributed by atoms with Gasteiger partial charge in [-0.05, 0) is 87.5 Å². The van der Waals surface area contributed by atoms with Gasteiger partial charge in [-0.3, -0.25) is 9.78 Å². The first-order valence-electron chi connectivity index (χ1n) is 10.8. The summed E-state index contributed by atoms with van der Waals surface area (Å²) in [6, 6.07) is 6.72. The van der Waals surface area contributed by atoms with Crippen LogP contribution in [0.4, 0.5) is 0 Å². The number of ether oxygens (including phenoxy) is 2. The molecular formula is C24H26N2O4. The van der Waals surface area contributed by atoms with E-state index in [1.165, 1.54) is 19.3 Å². The molecule has 0 amide bonds. The van der Waals surface area contributed by atoms with Crippen molar-refractivity contribution in [3.8, 4) is 11.6 Å². The van der Waals surface area contributed by atoms with Gasteiger partial charge in [0.05, 0.1) is 6.20 Å². The first kappa shape index (κ1) is 19.2. The van der Waals surface area contributed by atoms with Gasteiger partial charge in [0.25, 0.3) is 0 Å². The second kappa shape index (κ2) is 7.49. The Labute approximate surface area is 176 Å². The topological polar surface area (TPSA) is 78.4 Å². The molecule has 0 saturated heterocycles. The number of carbonyl (C=O) groups is 2. The summed E-state index contributed by atoms with van der Waals surface area (Å²) in [5.74, 6) is 2.12. The first-order valence-corrected chi connectivity index (χ1v) is 10.8. The highest BCUT2D eigenvalue weighted by Crippen LogP contribution is 2.60. The Morgan fingerprint density at radius 1 is 1.03 bits per heavy atom. The summed E-state index contributed by atoms with van der Waals surface area (Å²) in [5.41, 5.74) is -0.0928. The van der Waals surface area contributed by atoms with E-state index in [2.05, 4.69) is 9.97 Å². The molecule has 6 rings (SSSR count). The predicted octanol–water partition coefficient (Wildman–Crippen LogP) is 4.60. The van der Waals surface area contributed by atoms with E-state index >= 15 is 0 Å². The number of hydrogen-bond donors (Lipinski definition) is 0. The van der Waals surface area contributed by atoms with E-state index in [0.717, 1.165) is 19.3 Å². The average molecular weight is 406 g/mol. The van der Waals surface area contributed by atoms with Crippen LogP contribution in [0.25, 0.3) is 0 Å². The number of aromatic nitrogens is 2. The summed E-state index contributed by atoms with van der Waals surface area (Å²) in [4.78, 5) is 34.5. The molecule has 4 saturated carbocycles. The molecule has 6 nitrogen and oxygen atoms in total. The molecule has 6 heteroatoms. The smallest absolute Gasteiger partial charge is 0.344 e. The maximum absolute atomic E-state index is 13.4. The van der Waals surface area contributed by atoms with Gasteiger partial charge in [0, 0.05) is 17.8 Å². The standard InChI is InChI=1S/C24H26N2O4/c1-15(21(27)24-11-16-8-17(12-24)10-18(9-16)13-24)29-23(28)20-5-3-7-26-22(20)30-19-4-2-6-25-14-19/h2-7,14-18H,8-13H2,1H3. The van der Waals surface area contributed by atoms with Crippen LogP contribution in [0.15, 0.2) is 42.9 Å². The minimum absolute atomic E-state index is 0.0913. The summed E-state index contributed by atoms with van der Waals surface area (Å²) in [6.07, 6.45) is 10.6. The van der Waals surface area contributed by atoms with Crippen molar-refractivity contribution in [3.63, 3.8) is 0 Å². The largest absolute Gasteiger partial charge is 0.451 e. The molecule has 0 radical (unpaired) electrons. The van der Waals surface area contributed by atoms with Gasteiger partial charge in [0.2, 0.25) is 5.88 Å². The lowest BCUT2D eigenvalue weighted by molar-refractivity contribution is -0.152. The molecule has 4 aliphatic rings. The molecule has 2 aromatic heterocycles. The Morgan fingerprint density at radius 3 is 2.33 bits per heavy atom. The Hall–Kier alpha value is -2.76. The van der Waals surface area contributed by atoms with Gasteiger partial charge >= 0.3 is 5.97 Å². The van der Waals surface area contributed by atoms with Gasteiger partial charge in [0.1, 0.15) is 11.3 Å². The van der Waals surface area contributed by atoms with Crippen LogP contribution >= 0.6 is 0 Å². The number of ketones is 1. The van der Waals surface area contributed by atoms with Crippen LogP contribution in [-0.4, -0.2) is 27.8 Å². The Bertz CT molecular complexity index is 923. The summed E-state index contributed by atoms with van der Waals surface area (Å²) in [6.45, 7) is 1.71. The van der Waals surface area contributed by atoms with Crippen molar-refractivity contribution < 1.29 is 19.1 Å². The molecule has 0 spiro atoms. The maximum Gasteiger partial charge on any atom is 0.344 e. The number of carbonyl (C=O) groups excluding carboxylic acids is 2. The number of hydrogen-bond acceptors (Lipinski definition) is 6. The molecule has 4 fully saturated rings. The van der Waals surface area contributed by atoms with E-state index < -0.39 is 12.1 Å². The molecule has 0 aromatic carbocycles. The second-order valence-electron chi connectivity index (χ2n) is 9.26. The maximum atomic E-state index is 13.4. The van der Waals surface area contributed by atoms with Crippen molar-refractivity contribution >= 4 is 11.8 Å². The third kappa shape index (κ3) is 3.48. The fraction of sp³-hybridized carbons (Fsp3) is 0.500. The predicted molar refractivity (Wildman–Crippen MR) is 109 cm³/mol. The second-order valence-corrected chi connectivity index (χ2v) is 9.26. The number of Topliss-reactive ketones (excluding diaryl/α,β-unsaturated/α-hetero) is 1. The summed E-state index contributed by atoms with van der Waals surface area (Å²) >= 11 is 0. The van der Waals surface area contributed by atoms with Crippen molar-refractivity contribution in [1.82, 2.24) is 9.97 Å². The zero-order valence-corrected chi connectivity index (χ0v) is 17.1. The normalized spacial score (nSPS) is 30.0. The van der Waals surface area contributed by atoms with Gasteiger partial charge in [-0.25, -0.2) is 9.78 Å². The molecule has 4 aliphatic carbocycles. The van der Waals surface area contributed by atoms with Gasteiger partial charge in [-0.15, -0.1) is 0 Å². The Kier molecular flexibility index (Phi) is 4.80. The summed E-state index contributed by atoms with van der Waals surface area (Å²) in [7, 11) is 0. The van der Waals surface area contributed by atoms with Gasteiger partial charge in [0.15, 0.2) is 11.9 Å². The summed E-state index contributed by atoms with van der Waals surface area (Å²) < 4.78 is 11.4. The summed E-state index contributed by atoms with van der Waals surface area (Å²) in [5, 5.41) is 0. The molecule has 1 atom stereocenters. The Balaban J connectivity index is 1.31. The monoisotopic (exact) mass is 406 g/mol. The van der Waals surface area contributed by atoms with Crippen LogP contribution in [0, 0.1) is 23.2 Å². The lowest BCUT2D eigenvalue weighted by Crippen LogP contribution is -2.52. The minimum atomic E-state index is -0.778. The molecule has 0 aliphatic heterocycles. The zero-order valence-electron chi connectivity index (χ0n) is 17.1. The van der Waals surface area contributed by atoms with Crippen LogP contribution < -0.4 is 4.74 Å². The third-order valence-electron chi connectivity index (χ3n) is 7.05. The Morgan fingerprint density at radius 2 is 1.70 bits per heavy atom. The van der Waals surface area contributed by atoms with Crippen molar-refractivity contribution in [3.05, 3.63) is 48.4 Å². The molecular weight excluding hydrogens is 380 g/mol. The molecule has 30 heavy (non-hydrogen) atoms. The van der Waals surface area contributed by atoms with Crippen LogP contribution in [0.2, 0.25) is 0 Å². The molecule has 4 bridgehead atoms. The number of esters is 1. The van der Waals surface area contributed by atoms with Gasteiger partial charge < -0.3 is 9.47 Å². The fourth-order valence-electron chi connectivity index (χ4n) is 6.27. The SMILES string of the molecule is CC(OC(=O)c1cccnc1Oc1cccnc1)C(=O)C12CC3CC(CC(C3)C1)C2. The minimum Gasteiger partial charge on any atom is -0.451 e. The number of rotatable bonds is 6. The lowest BCUT2D eigenvalue weighted by Gasteiger charge is -2.56. The van der Waals surface area contributed by atoms with E-state index in [-0.39, 0.29) is 22.6 Å². The van der Waals surface area contributed by atoms with E-state index in [4.69, 9.17) is 9.47 Å². The number of nitrogens with zero attached hydrogens (tertiary/aromatic N) is 2. The fourth-order valence-corrected chi connectivity index (χ4v) is 6.27. The molecule has 2 heterocycles. The molecule has 2 aromatic rings. The van der Waals surface area contributed by atoms with Crippen LogP contribution in [-0.2, 0) is 9.53 Å².